The fourth-order valence-electron chi connectivity index (χ4n) is 2.35. The minimum absolute atomic E-state index is 0.0876. The lowest BCUT2D eigenvalue weighted by atomic mass is 9.92. The maximum absolute atomic E-state index is 10.0. The SMILES string of the molecule is COc1nc(N(C)C2CCCCC2O)ncc1Br. The Morgan fingerprint density at radius 3 is 2.83 bits per heavy atom. The number of aliphatic hydroxyl groups is 1. The van der Waals surface area contributed by atoms with Crippen LogP contribution in [0.2, 0.25) is 0 Å². The summed E-state index contributed by atoms with van der Waals surface area (Å²) >= 11 is 3.33. The lowest BCUT2D eigenvalue weighted by Gasteiger charge is -2.35. The van der Waals surface area contributed by atoms with Crippen LogP contribution in [0.15, 0.2) is 10.7 Å². The monoisotopic (exact) mass is 315 g/mol. The van der Waals surface area contributed by atoms with E-state index in [4.69, 9.17) is 4.74 Å². The molecule has 0 amide bonds. The smallest absolute Gasteiger partial charge is 0.232 e. The summed E-state index contributed by atoms with van der Waals surface area (Å²) in [4.78, 5) is 10.6. The summed E-state index contributed by atoms with van der Waals surface area (Å²) < 4.78 is 5.89. The lowest BCUT2D eigenvalue weighted by Crippen LogP contribution is -2.44. The molecule has 5 nitrogen and oxygen atoms in total. The van der Waals surface area contributed by atoms with E-state index in [0.29, 0.717) is 11.8 Å². The summed E-state index contributed by atoms with van der Waals surface area (Å²) in [6.07, 6.45) is 5.42. The molecular formula is C12H18BrN3O2. The van der Waals surface area contributed by atoms with Gasteiger partial charge in [-0.25, -0.2) is 4.98 Å². The van der Waals surface area contributed by atoms with Gasteiger partial charge in [0.25, 0.3) is 0 Å². The Labute approximate surface area is 115 Å². The number of nitrogens with zero attached hydrogens (tertiary/aromatic N) is 3. The summed E-state index contributed by atoms with van der Waals surface area (Å²) in [6.45, 7) is 0. The van der Waals surface area contributed by atoms with Crippen molar-refractivity contribution in [2.75, 3.05) is 19.1 Å². The quantitative estimate of drug-likeness (QED) is 0.924. The molecule has 100 valence electrons. The minimum atomic E-state index is -0.304. The van der Waals surface area contributed by atoms with Crippen LogP contribution in [-0.2, 0) is 0 Å². The van der Waals surface area contributed by atoms with E-state index in [2.05, 4.69) is 25.9 Å². The van der Waals surface area contributed by atoms with E-state index in [1.807, 2.05) is 11.9 Å². The average Bonchev–Trinajstić information content (AvgIpc) is 2.39. The molecule has 2 atom stereocenters. The molecule has 1 N–H and O–H groups in total. The summed E-state index contributed by atoms with van der Waals surface area (Å²) in [6, 6.07) is 0.0876. The van der Waals surface area contributed by atoms with Gasteiger partial charge in [-0.05, 0) is 28.8 Å². The van der Waals surface area contributed by atoms with Crippen molar-refractivity contribution in [1.82, 2.24) is 9.97 Å². The predicted octanol–water partition coefficient (Wildman–Crippen LogP) is 1.99. The molecule has 0 aliphatic heterocycles. The van der Waals surface area contributed by atoms with Crippen molar-refractivity contribution < 1.29 is 9.84 Å². The standard InChI is InChI=1S/C12H18BrN3O2/c1-16(9-5-3-4-6-10(9)17)12-14-7-8(13)11(15-12)18-2/h7,9-10,17H,3-6H2,1-2H3. The first-order valence-corrected chi connectivity index (χ1v) is 6.90. The van der Waals surface area contributed by atoms with E-state index in [9.17, 15) is 5.11 Å². The number of anilines is 1. The minimum Gasteiger partial charge on any atom is -0.480 e. The van der Waals surface area contributed by atoms with Crippen LogP contribution < -0.4 is 9.64 Å². The van der Waals surface area contributed by atoms with Crippen LogP contribution in [-0.4, -0.2) is 41.4 Å². The van der Waals surface area contributed by atoms with Gasteiger partial charge in [0.2, 0.25) is 11.8 Å². The maximum atomic E-state index is 10.0. The number of aromatic nitrogens is 2. The largest absolute Gasteiger partial charge is 0.480 e. The van der Waals surface area contributed by atoms with Crippen molar-refractivity contribution in [3.05, 3.63) is 10.7 Å². The van der Waals surface area contributed by atoms with Crippen LogP contribution >= 0.6 is 15.9 Å². The second kappa shape index (κ2) is 5.84. The van der Waals surface area contributed by atoms with Crippen molar-refractivity contribution in [3.8, 4) is 5.88 Å². The van der Waals surface area contributed by atoms with Crippen molar-refractivity contribution in [3.63, 3.8) is 0 Å². The van der Waals surface area contributed by atoms with Crippen molar-refractivity contribution in [2.45, 2.75) is 37.8 Å². The first-order chi connectivity index (χ1) is 8.63. The van der Waals surface area contributed by atoms with Gasteiger partial charge in [0.05, 0.1) is 29.9 Å². The topological polar surface area (TPSA) is 58.5 Å². The van der Waals surface area contributed by atoms with Crippen molar-refractivity contribution in [2.24, 2.45) is 0 Å². The normalized spacial score (nSPS) is 23.8. The zero-order valence-electron chi connectivity index (χ0n) is 10.6. The average molecular weight is 316 g/mol. The van der Waals surface area contributed by atoms with Gasteiger partial charge in [0.1, 0.15) is 0 Å². The summed E-state index contributed by atoms with van der Waals surface area (Å²) in [7, 11) is 3.49. The van der Waals surface area contributed by atoms with E-state index in [1.54, 1.807) is 13.3 Å². The third kappa shape index (κ3) is 2.75. The van der Waals surface area contributed by atoms with Gasteiger partial charge in [0.15, 0.2) is 0 Å². The number of methoxy groups -OCH3 is 1. The number of rotatable bonds is 3. The molecule has 1 aromatic rings. The number of aliphatic hydroxyl groups excluding tert-OH is 1. The third-order valence-electron chi connectivity index (χ3n) is 3.40. The van der Waals surface area contributed by atoms with E-state index in [1.165, 1.54) is 0 Å². The molecular weight excluding hydrogens is 298 g/mol. The molecule has 2 rings (SSSR count). The van der Waals surface area contributed by atoms with Crippen LogP contribution in [0, 0.1) is 0 Å². The Morgan fingerprint density at radius 1 is 1.44 bits per heavy atom. The summed E-state index contributed by atoms with van der Waals surface area (Å²) in [5, 5.41) is 10.0. The summed E-state index contributed by atoms with van der Waals surface area (Å²) in [5.41, 5.74) is 0. The van der Waals surface area contributed by atoms with Gasteiger partial charge in [0, 0.05) is 7.05 Å². The van der Waals surface area contributed by atoms with Crippen LogP contribution in [0.3, 0.4) is 0 Å². The molecule has 0 spiro atoms. The molecule has 6 heteroatoms. The van der Waals surface area contributed by atoms with E-state index >= 15 is 0 Å². The molecule has 1 aliphatic carbocycles. The number of hydrogen-bond acceptors (Lipinski definition) is 5. The van der Waals surface area contributed by atoms with Crippen LogP contribution in [0.1, 0.15) is 25.7 Å². The molecule has 18 heavy (non-hydrogen) atoms. The highest BCUT2D eigenvalue weighted by atomic mass is 79.9. The fourth-order valence-corrected chi connectivity index (χ4v) is 2.70. The van der Waals surface area contributed by atoms with Gasteiger partial charge in [-0.2, -0.15) is 4.98 Å². The van der Waals surface area contributed by atoms with Gasteiger partial charge in [-0.3, -0.25) is 0 Å². The fraction of sp³-hybridized carbons (Fsp3) is 0.667. The van der Waals surface area contributed by atoms with Crippen molar-refractivity contribution in [1.29, 1.82) is 0 Å². The molecule has 0 saturated heterocycles. The first kappa shape index (κ1) is 13.5. The Balaban J connectivity index is 2.19. The molecule has 1 aliphatic rings. The van der Waals surface area contributed by atoms with E-state index in [0.717, 1.165) is 30.2 Å². The molecule has 1 aromatic heterocycles. The summed E-state index contributed by atoms with van der Waals surface area (Å²) in [5.74, 6) is 1.10. The number of hydrogen-bond donors (Lipinski definition) is 1. The Kier molecular flexibility index (Phi) is 4.40. The first-order valence-electron chi connectivity index (χ1n) is 6.11. The zero-order chi connectivity index (χ0) is 13.1. The third-order valence-corrected chi connectivity index (χ3v) is 3.94. The Bertz CT molecular complexity index is 416. The van der Waals surface area contributed by atoms with Crippen molar-refractivity contribution >= 4 is 21.9 Å². The molecule has 1 saturated carbocycles. The molecule has 0 bridgehead atoms. The van der Waals surface area contributed by atoms with Crippen LogP contribution in [0.25, 0.3) is 0 Å². The Morgan fingerprint density at radius 2 is 2.17 bits per heavy atom. The molecule has 0 radical (unpaired) electrons. The molecule has 1 heterocycles. The van der Waals surface area contributed by atoms with Crippen LogP contribution in [0.5, 0.6) is 5.88 Å². The Hall–Kier alpha value is -0.880. The highest BCUT2D eigenvalue weighted by molar-refractivity contribution is 9.10. The van der Waals surface area contributed by atoms with Gasteiger partial charge >= 0.3 is 0 Å². The lowest BCUT2D eigenvalue weighted by molar-refractivity contribution is 0.105. The number of likely N-dealkylation sites (N-methyl/N-ethyl adjacent to an activating group) is 1. The van der Waals surface area contributed by atoms with E-state index < -0.39 is 0 Å². The maximum Gasteiger partial charge on any atom is 0.232 e. The number of ether oxygens (including phenoxy) is 1. The van der Waals surface area contributed by atoms with Crippen LogP contribution in [0.4, 0.5) is 5.95 Å². The molecule has 2 unspecified atom stereocenters. The van der Waals surface area contributed by atoms with E-state index in [-0.39, 0.29) is 12.1 Å². The van der Waals surface area contributed by atoms with Gasteiger partial charge < -0.3 is 14.7 Å². The van der Waals surface area contributed by atoms with Gasteiger partial charge in [-0.1, -0.05) is 12.8 Å². The highest BCUT2D eigenvalue weighted by Gasteiger charge is 2.28. The van der Waals surface area contributed by atoms with Gasteiger partial charge in [-0.15, -0.1) is 0 Å². The molecule has 0 aromatic carbocycles. The zero-order valence-corrected chi connectivity index (χ0v) is 12.2. The number of halogens is 1. The second-order valence-corrected chi connectivity index (χ2v) is 5.41. The highest BCUT2D eigenvalue weighted by Crippen LogP contribution is 2.27. The molecule has 1 fully saturated rings. The second-order valence-electron chi connectivity index (χ2n) is 4.56. The predicted molar refractivity (Wildman–Crippen MR) is 72.9 cm³/mol.